The molecule has 0 radical (unpaired) electrons. The van der Waals surface area contributed by atoms with Crippen molar-refractivity contribution in [3.05, 3.63) is 87.8 Å². The molecule has 0 spiro atoms. The first-order valence-corrected chi connectivity index (χ1v) is 11.9. The van der Waals surface area contributed by atoms with Crippen molar-refractivity contribution in [2.24, 2.45) is 0 Å². The Balaban J connectivity index is 1.39. The molecular weight excluding hydrogens is 456 g/mol. The molecule has 0 bridgehead atoms. The molecule has 1 aliphatic rings. The second kappa shape index (κ2) is 8.96. The zero-order chi connectivity index (χ0) is 22.9. The number of carbonyl (C=O) groups is 2. The number of esters is 1. The first kappa shape index (κ1) is 21.6. The smallest absolute Gasteiger partial charge is 0.339 e. The molecule has 1 aliphatic heterocycles. The normalized spacial score (nSPS) is 14.1. The number of para-hydroxylation sites is 1. The van der Waals surface area contributed by atoms with Gasteiger partial charge in [-0.3, -0.25) is 4.79 Å². The molecule has 1 amide bonds. The minimum Gasteiger partial charge on any atom is -0.449 e. The number of aromatic nitrogens is 1. The number of halogens is 1. The number of amides is 1. The zero-order valence-corrected chi connectivity index (χ0v) is 19.5. The second-order valence-corrected chi connectivity index (χ2v) is 9.72. The lowest BCUT2D eigenvalue weighted by Crippen LogP contribution is -2.42. The van der Waals surface area contributed by atoms with Gasteiger partial charge >= 0.3 is 5.97 Å². The van der Waals surface area contributed by atoms with E-state index in [2.05, 4.69) is 11.1 Å². The molecule has 3 heterocycles. The van der Waals surface area contributed by atoms with E-state index in [1.807, 2.05) is 48.5 Å². The van der Waals surface area contributed by atoms with Crippen LogP contribution in [0.15, 0.2) is 66.7 Å². The number of fused-ring (bicyclic) bond motifs is 2. The van der Waals surface area contributed by atoms with Gasteiger partial charge in [0.25, 0.3) is 5.91 Å². The van der Waals surface area contributed by atoms with Crippen LogP contribution in [0.3, 0.4) is 0 Å². The Labute approximate surface area is 200 Å². The third kappa shape index (κ3) is 4.36. The predicted molar refractivity (Wildman–Crippen MR) is 131 cm³/mol. The fourth-order valence-corrected chi connectivity index (χ4v) is 5.14. The Morgan fingerprint density at radius 1 is 1.06 bits per heavy atom. The molecule has 166 valence electrons. The van der Waals surface area contributed by atoms with Gasteiger partial charge in [-0.25, -0.2) is 9.78 Å². The Hall–Kier alpha value is -3.22. The van der Waals surface area contributed by atoms with Gasteiger partial charge in [-0.05, 0) is 48.7 Å². The summed E-state index contributed by atoms with van der Waals surface area (Å²) in [5.41, 5.74) is 4.09. The maximum absolute atomic E-state index is 13.2. The molecule has 0 fully saturated rings. The maximum Gasteiger partial charge on any atom is 0.339 e. The highest BCUT2D eigenvalue weighted by molar-refractivity contribution is 7.19. The van der Waals surface area contributed by atoms with Crippen LogP contribution in [0, 0.1) is 0 Å². The van der Waals surface area contributed by atoms with Crippen LogP contribution >= 0.6 is 22.9 Å². The van der Waals surface area contributed by atoms with Gasteiger partial charge in [0, 0.05) is 18.5 Å². The summed E-state index contributed by atoms with van der Waals surface area (Å²) in [6.45, 7) is 2.77. The van der Waals surface area contributed by atoms with Crippen molar-refractivity contribution in [1.29, 1.82) is 0 Å². The zero-order valence-electron chi connectivity index (χ0n) is 18.0. The molecule has 0 saturated heterocycles. The molecule has 2 aromatic heterocycles. The summed E-state index contributed by atoms with van der Waals surface area (Å²) >= 11 is 7.49. The molecule has 1 atom stereocenters. The van der Waals surface area contributed by atoms with Crippen molar-refractivity contribution in [3.8, 4) is 10.6 Å². The molecule has 7 heteroatoms. The van der Waals surface area contributed by atoms with E-state index in [4.69, 9.17) is 16.3 Å². The number of carbonyl (C=O) groups excluding carboxylic acids is 2. The Morgan fingerprint density at radius 2 is 1.82 bits per heavy atom. The SMILES string of the molecule is CC(OC(=O)c1cc(-c2ccc(Cl)s2)nc2ccccc12)C(=O)N1CCc2ccccc2C1. The van der Waals surface area contributed by atoms with E-state index >= 15 is 0 Å². The number of rotatable bonds is 4. The Kier molecular flexibility index (Phi) is 5.87. The van der Waals surface area contributed by atoms with Gasteiger partial charge in [0.15, 0.2) is 6.10 Å². The van der Waals surface area contributed by atoms with E-state index < -0.39 is 12.1 Å². The van der Waals surface area contributed by atoms with Crippen LogP contribution in [0.5, 0.6) is 0 Å². The van der Waals surface area contributed by atoms with Crippen molar-refractivity contribution in [1.82, 2.24) is 9.88 Å². The van der Waals surface area contributed by atoms with E-state index in [1.54, 1.807) is 24.0 Å². The molecule has 5 rings (SSSR count). The largest absolute Gasteiger partial charge is 0.449 e. The van der Waals surface area contributed by atoms with Gasteiger partial charge in [0.1, 0.15) is 0 Å². The van der Waals surface area contributed by atoms with Crippen LogP contribution in [-0.2, 0) is 22.5 Å². The van der Waals surface area contributed by atoms with Crippen molar-refractivity contribution in [3.63, 3.8) is 0 Å². The van der Waals surface area contributed by atoms with E-state index in [0.717, 1.165) is 16.9 Å². The lowest BCUT2D eigenvalue weighted by Gasteiger charge is -2.30. The lowest BCUT2D eigenvalue weighted by molar-refractivity contribution is -0.140. The molecule has 0 aliphatic carbocycles. The van der Waals surface area contributed by atoms with Crippen LogP contribution in [0.1, 0.15) is 28.4 Å². The van der Waals surface area contributed by atoms with Crippen molar-refractivity contribution >= 4 is 45.7 Å². The summed E-state index contributed by atoms with van der Waals surface area (Å²) in [5, 5.41) is 0.681. The minimum atomic E-state index is -0.894. The number of thiophene rings is 1. The predicted octanol–water partition coefficient (Wildman–Crippen LogP) is 5.75. The highest BCUT2D eigenvalue weighted by Crippen LogP contribution is 2.32. The minimum absolute atomic E-state index is 0.193. The van der Waals surface area contributed by atoms with Crippen LogP contribution < -0.4 is 0 Å². The summed E-state index contributed by atoms with van der Waals surface area (Å²) < 4.78 is 6.31. The molecule has 0 N–H and O–H groups in total. The molecule has 5 nitrogen and oxygen atoms in total. The number of hydrogen-bond acceptors (Lipinski definition) is 5. The van der Waals surface area contributed by atoms with Crippen molar-refractivity contribution in [2.75, 3.05) is 6.54 Å². The molecular formula is C26H21ClN2O3S. The topological polar surface area (TPSA) is 59.5 Å². The van der Waals surface area contributed by atoms with Crippen LogP contribution in [0.4, 0.5) is 0 Å². The summed E-state index contributed by atoms with van der Waals surface area (Å²) in [6.07, 6.45) is -0.0982. The quantitative estimate of drug-likeness (QED) is 0.352. The van der Waals surface area contributed by atoms with Crippen molar-refractivity contribution < 1.29 is 14.3 Å². The molecule has 33 heavy (non-hydrogen) atoms. The van der Waals surface area contributed by atoms with Crippen LogP contribution in [-0.4, -0.2) is 34.4 Å². The van der Waals surface area contributed by atoms with E-state index in [9.17, 15) is 9.59 Å². The van der Waals surface area contributed by atoms with Gasteiger partial charge < -0.3 is 9.64 Å². The standard InChI is InChI=1S/C26H21ClN2O3S/c1-16(25(30)29-13-12-17-6-2-3-7-18(17)15-29)32-26(31)20-14-22(23-10-11-24(27)33-23)28-21-9-5-4-8-19(20)21/h2-11,14,16H,12-13,15H2,1H3. The average Bonchev–Trinajstić information content (AvgIpc) is 3.28. The summed E-state index contributed by atoms with van der Waals surface area (Å²) in [4.78, 5) is 33.5. The fourth-order valence-electron chi connectivity index (χ4n) is 4.14. The summed E-state index contributed by atoms with van der Waals surface area (Å²) in [5.74, 6) is -0.739. The number of ether oxygens (including phenoxy) is 1. The first-order valence-electron chi connectivity index (χ1n) is 10.7. The second-order valence-electron chi connectivity index (χ2n) is 8.00. The van der Waals surface area contributed by atoms with Gasteiger partial charge in [0.2, 0.25) is 0 Å². The summed E-state index contributed by atoms with van der Waals surface area (Å²) in [6, 6.07) is 20.9. The summed E-state index contributed by atoms with van der Waals surface area (Å²) in [7, 11) is 0. The molecule has 1 unspecified atom stereocenters. The number of hydrogen-bond donors (Lipinski definition) is 0. The molecule has 2 aromatic carbocycles. The highest BCUT2D eigenvalue weighted by Gasteiger charge is 2.28. The molecule has 4 aromatic rings. The van der Waals surface area contributed by atoms with E-state index in [0.29, 0.717) is 39.6 Å². The molecule has 0 saturated carbocycles. The van der Waals surface area contributed by atoms with Crippen molar-refractivity contribution in [2.45, 2.75) is 26.0 Å². The Morgan fingerprint density at radius 3 is 2.61 bits per heavy atom. The van der Waals surface area contributed by atoms with Crippen LogP contribution in [0.25, 0.3) is 21.5 Å². The van der Waals surface area contributed by atoms with Gasteiger partial charge in [-0.15, -0.1) is 11.3 Å². The maximum atomic E-state index is 13.2. The number of benzene rings is 2. The average molecular weight is 477 g/mol. The Bertz CT molecular complexity index is 1370. The van der Waals surface area contributed by atoms with Gasteiger partial charge in [-0.2, -0.15) is 0 Å². The van der Waals surface area contributed by atoms with E-state index in [1.165, 1.54) is 16.9 Å². The van der Waals surface area contributed by atoms with Crippen LogP contribution in [0.2, 0.25) is 4.34 Å². The van der Waals surface area contributed by atoms with Gasteiger partial charge in [-0.1, -0.05) is 54.1 Å². The number of nitrogens with zero attached hydrogens (tertiary/aromatic N) is 2. The lowest BCUT2D eigenvalue weighted by atomic mass is 9.99. The first-order chi connectivity index (χ1) is 16.0. The highest BCUT2D eigenvalue weighted by atomic mass is 35.5. The third-order valence-electron chi connectivity index (χ3n) is 5.84. The third-order valence-corrected chi connectivity index (χ3v) is 7.09. The number of pyridine rings is 1. The van der Waals surface area contributed by atoms with E-state index in [-0.39, 0.29) is 5.91 Å². The van der Waals surface area contributed by atoms with Gasteiger partial charge in [0.05, 0.1) is 26.0 Å². The fraction of sp³-hybridized carbons (Fsp3) is 0.192. The monoisotopic (exact) mass is 476 g/mol.